The van der Waals surface area contributed by atoms with Crippen molar-refractivity contribution in [3.63, 3.8) is 0 Å². The summed E-state index contributed by atoms with van der Waals surface area (Å²) in [6.45, 7) is -0.106. The highest BCUT2D eigenvalue weighted by molar-refractivity contribution is 8.13. The second-order valence-corrected chi connectivity index (χ2v) is 9.22. The average molecular weight is 511 g/mol. The van der Waals surface area contributed by atoms with E-state index in [4.69, 9.17) is 18.9 Å². The zero-order valence-electron chi connectivity index (χ0n) is 19.0. The summed E-state index contributed by atoms with van der Waals surface area (Å²) in [5.41, 5.74) is -0.443. The second-order valence-electron chi connectivity index (χ2n) is 8.21. The highest BCUT2D eigenvalue weighted by Gasteiger charge is 2.48. The first-order valence-electron chi connectivity index (χ1n) is 11.0. The van der Waals surface area contributed by atoms with E-state index >= 15 is 4.39 Å². The molecule has 0 aliphatic carbocycles. The van der Waals surface area contributed by atoms with Gasteiger partial charge in [0, 0.05) is 34.9 Å². The van der Waals surface area contributed by atoms with Gasteiger partial charge in [0.1, 0.15) is 30.0 Å². The number of nitrogens with one attached hydrogen (secondary N) is 1. The molecule has 0 radical (unpaired) electrons. The number of carbonyl (C=O) groups is 2. The number of halogens is 2. The summed E-state index contributed by atoms with van der Waals surface area (Å²) in [5, 5.41) is 3.09. The van der Waals surface area contributed by atoms with E-state index in [1.54, 1.807) is 36.4 Å². The molecule has 2 aliphatic rings. The van der Waals surface area contributed by atoms with Gasteiger partial charge in [-0.15, -0.1) is 0 Å². The number of hydrogen-bond donors (Lipinski definition) is 1. The fourth-order valence-corrected chi connectivity index (χ4v) is 5.29. The van der Waals surface area contributed by atoms with Crippen LogP contribution in [-0.4, -0.2) is 36.5 Å². The number of rotatable bonds is 4. The van der Waals surface area contributed by atoms with Crippen molar-refractivity contribution in [2.75, 3.05) is 19.5 Å². The van der Waals surface area contributed by atoms with Crippen molar-refractivity contribution in [3.05, 3.63) is 101 Å². The quantitative estimate of drug-likeness (QED) is 0.509. The van der Waals surface area contributed by atoms with Crippen LogP contribution in [0.5, 0.6) is 0 Å². The first-order valence-corrected chi connectivity index (χ1v) is 11.9. The summed E-state index contributed by atoms with van der Waals surface area (Å²) in [7, 11) is 1.27. The Hall–Kier alpha value is -3.92. The number of amidine groups is 1. The highest BCUT2D eigenvalue weighted by Crippen LogP contribution is 2.47. The molecule has 3 heterocycles. The lowest BCUT2D eigenvalue weighted by Crippen LogP contribution is -2.47. The monoisotopic (exact) mass is 510 g/mol. The number of amides is 1. The van der Waals surface area contributed by atoms with Crippen molar-refractivity contribution >= 4 is 34.6 Å². The average Bonchev–Trinajstić information content (AvgIpc) is 3.38. The van der Waals surface area contributed by atoms with Crippen molar-refractivity contribution in [2.45, 2.75) is 5.54 Å². The number of benzene rings is 2. The molecule has 36 heavy (non-hydrogen) atoms. The summed E-state index contributed by atoms with van der Waals surface area (Å²) in [6, 6.07) is 13.4. The van der Waals surface area contributed by atoms with Crippen LogP contribution in [0.1, 0.15) is 32.0 Å². The molecule has 1 N–H and O–H groups in total. The van der Waals surface area contributed by atoms with Gasteiger partial charge in [-0.2, -0.15) is 0 Å². The predicted molar refractivity (Wildman–Crippen MR) is 129 cm³/mol. The van der Waals surface area contributed by atoms with Gasteiger partial charge in [-0.1, -0.05) is 36.0 Å². The van der Waals surface area contributed by atoms with E-state index < -0.39 is 29.1 Å². The zero-order chi connectivity index (χ0) is 25.3. The molecule has 3 aromatic rings. The molecule has 2 aromatic carbocycles. The smallest absolute Gasteiger partial charge is 0.341 e. The molecule has 1 aromatic heterocycles. The number of carbonyl (C=O) groups excluding carboxylic acids is 2. The van der Waals surface area contributed by atoms with Gasteiger partial charge in [0.05, 0.1) is 12.7 Å². The van der Waals surface area contributed by atoms with Gasteiger partial charge in [0.15, 0.2) is 16.7 Å². The largest absolute Gasteiger partial charge is 0.487 e. The maximum Gasteiger partial charge on any atom is 0.341 e. The molecule has 0 unspecified atom stereocenters. The van der Waals surface area contributed by atoms with Gasteiger partial charge in [0.2, 0.25) is 0 Å². The SMILES string of the molecule is COC(=O)c1coc(C2=C[C@H]3CSC(NC(=O)c4ccccc4)=N[C@@]3(c3ccc(F)cc3F)CO2)c1. The Labute approximate surface area is 209 Å². The van der Waals surface area contributed by atoms with Crippen molar-refractivity contribution in [2.24, 2.45) is 10.9 Å². The fourth-order valence-electron chi connectivity index (χ4n) is 4.19. The number of nitrogens with zero attached hydrogens (tertiary/aromatic N) is 1. The number of esters is 1. The number of methoxy groups -OCH3 is 1. The summed E-state index contributed by atoms with van der Waals surface area (Å²) in [5.74, 6) is -1.69. The minimum Gasteiger partial charge on any atom is -0.487 e. The molecule has 2 atom stereocenters. The van der Waals surface area contributed by atoms with E-state index in [0.717, 1.165) is 12.1 Å². The van der Waals surface area contributed by atoms with Gasteiger partial charge in [-0.25, -0.2) is 18.6 Å². The molecule has 5 rings (SSSR count). The van der Waals surface area contributed by atoms with E-state index in [1.807, 2.05) is 0 Å². The zero-order valence-corrected chi connectivity index (χ0v) is 19.8. The topological polar surface area (TPSA) is 90.1 Å². The molecule has 2 aliphatic heterocycles. The minimum atomic E-state index is -1.26. The summed E-state index contributed by atoms with van der Waals surface area (Å²) in [4.78, 5) is 29.3. The predicted octanol–water partition coefficient (Wildman–Crippen LogP) is 4.76. The van der Waals surface area contributed by atoms with E-state index in [2.05, 4.69) is 5.32 Å². The van der Waals surface area contributed by atoms with Crippen molar-refractivity contribution in [1.29, 1.82) is 0 Å². The molecule has 0 saturated heterocycles. The third kappa shape index (κ3) is 4.39. The molecule has 184 valence electrons. The highest BCUT2D eigenvalue weighted by atomic mass is 32.2. The van der Waals surface area contributed by atoms with E-state index in [0.29, 0.717) is 28.0 Å². The molecule has 0 spiro atoms. The summed E-state index contributed by atoms with van der Waals surface area (Å²) >= 11 is 1.30. The Morgan fingerprint density at radius 2 is 1.94 bits per heavy atom. The van der Waals surface area contributed by atoms with Crippen LogP contribution in [0.4, 0.5) is 8.78 Å². The van der Waals surface area contributed by atoms with Gasteiger partial charge in [-0.3, -0.25) is 4.79 Å². The molecule has 7 nitrogen and oxygen atoms in total. The van der Waals surface area contributed by atoms with E-state index in [1.165, 1.54) is 37.3 Å². The Balaban J connectivity index is 1.52. The normalized spacial score (nSPS) is 20.9. The van der Waals surface area contributed by atoms with Crippen LogP contribution >= 0.6 is 11.8 Å². The molecule has 0 bridgehead atoms. The number of hydrogen-bond acceptors (Lipinski definition) is 7. The molecule has 0 fully saturated rings. The Kier molecular flexibility index (Phi) is 6.36. The minimum absolute atomic E-state index is 0.106. The lowest BCUT2D eigenvalue weighted by atomic mass is 9.77. The van der Waals surface area contributed by atoms with Crippen LogP contribution in [0.15, 0.2) is 76.3 Å². The van der Waals surface area contributed by atoms with Crippen LogP contribution in [0.25, 0.3) is 5.76 Å². The van der Waals surface area contributed by atoms with Gasteiger partial charge in [0.25, 0.3) is 5.91 Å². The summed E-state index contributed by atoms with van der Waals surface area (Å²) < 4.78 is 44.9. The lowest BCUT2D eigenvalue weighted by molar-refractivity contribution is 0.0599. The van der Waals surface area contributed by atoms with Crippen LogP contribution < -0.4 is 5.32 Å². The van der Waals surface area contributed by atoms with E-state index in [9.17, 15) is 14.0 Å². The fraction of sp³-hybridized carbons (Fsp3) is 0.192. The van der Waals surface area contributed by atoms with Crippen molar-refractivity contribution in [1.82, 2.24) is 5.32 Å². The van der Waals surface area contributed by atoms with Crippen LogP contribution in [0.3, 0.4) is 0 Å². The van der Waals surface area contributed by atoms with Gasteiger partial charge < -0.3 is 19.2 Å². The first-order chi connectivity index (χ1) is 17.4. The van der Waals surface area contributed by atoms with Crippen molar-refractivity contribution in [3.8, 4) is 0 Å². The Morgan fingerprint density at radius 3 is 2.69 bits per heavy atom. The number of aliphatic imine (C=N–C) groups is 1. The number of furan rings is 1. The maximum absolute atomic E-state index is 15.1. The Bertz CT molecular complexity index is 1390. The molecule has 1 amide bonds. The van der Waals surface area contributed by atoms with Crippen LogP contribution in [-0.2, 0) is 15.0 Å². The summed E-state index contributed by atoms with van der Waals surface area (Å²) in [6.07, 6.45) is 3.01. The number of thioether (sulfide) groups is 1. The maximum atomic E-state index is 15.1. The standard InChI is InChI=1S/C26H20F2N2O5S/c1-33-24(32)16-9-21(34-12-16)22-10-17-13-36-25(29-23(31)15-5-3-2-4-6-15)30-26(17,14-35-22)19-8-7-18(27)11-20(19)28/h2-12,17H,13-14H2,1H3,(H,29,30,31)/t17-,26-/m0/s1. The molecular formula is C26H20F2N2O5S. The van der Waals surface area contributed by atoms with Crippen LogP contribution in [0.2, 0.25) is 0 Å². The first kappa shape index (κ1) is 23.8. The lowest BCUT2D eigenvalue weighted by Gasteiger charge is -2.42. The van der Waals surface area contributed by atoms with Gasteiger partial charge >= 0.3 is 5.97 Å². The third-order valence-electron chi connectivity index (χ3n) is 6.03. The molecular weight excluding hydrogens is 490 g/mol. The second kappa shape index (κ2) is 9.62. The number of fused-ring (bicyclic) bond motifs is 1. The van der Waals surface area contributed by atoms with Crippen molar-refractivity contribution < 1.29 is 32.3 Å². The van der Waals surface area contributed by atoms with Gasteiger partial charge in [-0.05, 0) is 24.3 Å². The third-order valence-corrected chi connectivity index (χ3v) is 7.02. The number of ether oxygens (including phenoxy) is 2. The van der Waals surface area contributed by atoms with Crippen LogP contribution in [0, 0.1) is 17.6 Å². The molecule has 0 saturated carbocycles. The molecule has 10 heteroatoms. The van der Waals surface area contributed by atoms with E-state index in [-0.39, 0.29) is 23.6 Å². The Morgan fingerprint density at radius 1 is 1.14 bits per heavy atom.